The zero-order chi connectivity index (χ0) is 15.9. The average molecular weight is 321 g/mol. The predicted molar refractivity (Wildman–Crippen MR) is 88.7 cm³/mol. The molecule has 1 N–H and O–H groups in total. The van der Waals surface area contributed by atoms with Gasteiger partial charge in [-0.2, -0.15) is 0 Å². The normalized spacial score (nSPS) is 16.8. The molecule has 1 aliphatic heterocycles. The van der Waals surface area contributed by atoms with Crippen molar-refractivity contribution >= 4 is 23.2 Å². The second-order valence-corrected chi connectivity index (χ2v) is 6.56. The van der Waals surface area contributed by atoms with Crippen molar-refractivity contribution in [3.05, 3.63) is 34.5 Å². The van der Waals surface area contributed by atoms with Gasteiger partial charge < -0.3 is 10.2 Å². The molecule has 1 atom stereocenters. The zero-order valence-electron chi connectivity index (χ0n) is 13.1. The third-order valence-corrected chi connectivity index (χ3v) is 4.71. The van der Waals surface area contributed by atoms with E-state index in [-0.39, 0.29) is 17.9 Å². The molecule has 0 aromatic carbocycles. The first kappa shape index (κ1) is 16.7. The van der Waals surface area contributed by atoms with E-state index in [1.54, 1.807) is 25.4 Å². The quantitative estimate of drug-likeness (QED) is 0.811. The summed E-state index contributed by atoms with van der Waals surface area (Å²) < 4.78 is 0. The Kier molecular flexibility index (Phi) is 6.15. The van der Waals surface area contributed by atoms with E-state index in [4.69, 9.17) is 0 Å². The highest BCUT2D eigenvalue weighted by atomic mass is 32.1. The molecule has 0 radical (unpaired) electrons. The number of likely N-dealkylation sites (N-methyl/N-ethyl adjacent to an activating group) is 1. The van der Waals surface area contributed by atoms with Gasteiger partial charge in [0.1, 0.15) is 0 Å². The molecule has 2 amide bonds. The van der Waals surface area contributed by atoms with Crippen LogP contribution in [0.5, 0.6) is 0 Å². The van der Waals surface area contributed by atoms with E-state index >= 15 is 0 Å². The summed E-state index contributed by atoms with van der Waals surface area (Å²) in [6.07, 6.45) is 5.03. The number of nitrogens with zero attached hydrogens (tertiary/aromatic N) is 2. The summed E-state index contributed by atoms with van der Waals surface area (Å²) in [4.78, 5) is 28.4. The number of carbonyl (C=O) groups is 2. The maximum atomic E-state index is 11.9. The zero-order valence-corrected chi connectivity index (χ0v) is 13.9. The summed E-state index contributed by atoms with van der Waals surface area (Å²) >= 11 is 1.72. The molecule has 22 heavy (non-hydrogen) atoms. The van der Waals surface area contributed by atoms with Crippen LogP contribution in [0, 0.1) is 0 Å². The van der Waals surface area contributed by atoms with Crippen LogP contribution in [-0.2, 0) is 9.59 Å². The number of likely N-dealkylation sites (tertiary alicyclic amines) is 1. The minimum atomic E-state index is -0.226. The molecule has 1 fully saturated rings. The fraction of sp³-hybridized carbons (Fsp3) is 0.500. The van der Waals surface area contributed by atoms with Gasteiger partial charge in [-0.15, -0.1) is 11.3 Å². The number of amides is 2. The molecule has 5 nitrogen and oxygen atoms in total. The molecule has 0 saturated carbocycles. The van der Waals surface area contributed by atoms with E-state index in [9.17, 15) is 9.59 Å². The fourth-order valence-corrected chi connectivity index (χ4v) is 3.36. The molecule has 1 aromatic rings. The maximum Gasteiger partial charge on any atom is 0.246 e. The van der Waals surface area contributed by atoms with Crippen molar-refractivity contribution < 1.29 is 9.59 Å². The molecular weight excluding hydrogens is 298 g/mol. The lowest BCUT2D eigenvalue weighted by atomic mass is 10.2. The summed E-state index contributed by atoms with van der Waals surface area (Å²) in [5.41, 5.74) is 0. The van der Waals surface area contributed by atoms with Crippen LogP contribution in [0.3, 0.4) is 0 Å². The van der Waals surface area contributed by atoms with Crippen LogP contribution in [0.1, 0.15) is 23.8 Å². The van der Waals surface area contributed by atoms with Crippen molar-refractivity contribution in [3.63, 3.8) is 0 Å². The van der Waals surface area contributed by atoms with Crippen LogP contribution in [-0.4, -0.2) is 55.3 Å². The smallest absolute Gasteiger partial charge is 0.246 e. The van der Waals surface area contributed by atoms with Crippen molar-refractivity contribution in [2.75, 3.05) is 33.7 Å². The summed E-state index contributed by atoms with van der Waals surface area (Å²) in [5, 5.41) is 4.98. The van der Waals surface area contributed by atoms with Crippen molar-refractivity contribution in [1.82, 2.24) is 15.1 Å². The predicted octanol–water partition coefficient (Wildman–Crippen LogP) is 1.65. The van der Waals surface area contributed by atoms with Crippen molar-refractivity contribution in [1.29, 1.82) is 0 Å². The van der Waals surface area contributed by atoms with Gasteiger partial charge in [0.15, 0.2) is 0 Å². The molecule has 2 rings (SSSR count). The number of rotatable bonds is 6. The molecule has 6 heteroatoms. The number of carbonyl (C=O) groups excluding carboxylic acids is 2. The lowest BCUT2D eigenvalue weighted by molar-refractivity contribution is -0.124. The van der Waals surface area contributed by atoms with Gasteiger partial charge in [-0.1, -0.05) is 6.07 Å². The van der Waals surface area contributed by atoms with Crippen LogP contribution in [0.15, 0.2) is 29.7 Å². The largest absolute Gasteiger partial charge is 0.351 e. The van der Waals surface area contributed by atoms with E-state index in [1.807, 2.05) is 6.07 Å². The Balaban J connectivity index is 1.91. The first-order chi connectivity index (χ1) is 10.6. The van der Waals surface area contributed by atoms with Gasteiger partial charge >= 0.3 is 0 Å². The van der Waals surface area contributed by atoms with E-state index in [1.165, 1.54) is 34.8 Å². The Morgan fingerprint density at radius 2 is 2.09 bits per heavy atom. The molecule has 1 saturated heterocycles. The van der Waals surface area contributed by atoms with Crippen LogP contribution in [0.25, 0.3) is 0 Å². The Labute approximate surface area is 135 Å². The molecule has 120 valence electrons. The first-order valence-electron chi connectivity index (χ1n) is 7.52. The summed E-state index contributed by atoms with van der Waals surface area (Å²) in [6, 6.07) is 4.38. The molecule has 0 bridgehead atoms. The Morgan fingerprint density at radius 3 is 2.68 bits per heavy atom. The molecule has 1 aromatic heterocycles. The van der Waals surface area contributed by atoms with Gasteiger partial charge in [-0.3, -0.25) is 14.5 Å². The Hall–Kier alpha value is -1.66. The lowest BCUT2D eigenvalue weighted by Gasteiger charge is -2.26. The van der Waals surface area contributed by atoms with Gasteiger partial charge in [-0.25, -0.2) is 0 Å². The Morgan fingerprint density at radius 1 is 1.36 bits per heavy atom. The highest BCUT2D eigenvalue weighted by Gasteiger charge is 2.24. The van der Waals surface area contributed by atoms with E-state index in [2.05, 4.69) is 21.7 Å². The van der Waals surface area contributed by atoms with Crippen LogP contribution in [0.4, 0.5) is 0 Å². The van der Waals surface area contributed by atoms with Gasteiger partial charge in [0, 0.05) is 37.7 Å². The highest BCUT2D eigenvalue weighted by molar-refractivity contribution is 7.10. The van der Waals surface area contributed by atoms with E-state index in [0.717, 1.165) is 13.1 Å². The highest BCUT2D eigenvalue weighted by Crippen LogP contribution is 2.27. The van der Waals surface area contributed by atoms with Gasteiger partial charge in [0.05, 0.1) is 6.04 Å². The molecule has 1 unspecified atom stereocenters. The summed E-state index contributed by atoms with van der Waals surface area (Å²) in [5.74, 6) is -0.416. The molecule has 0 spiro atoms. The fourth-order valence-electron chi connectivity index (χ4n) is 2.50. The third kappa shape index (κ3) is 4.68. The van der Waals surface area contributed by atoms with Gasteiger partial charge in [0.2, 0.25) is 11.8 Å². The Bertz CT molecular complexity index is 520. The topological polar surface area (TPSA) is 52.7 Å². The first-order valence-corrected chi connectivity index (χ1v) is 8.40. The second-order valence-electron chi connectivity index (χ2n) is 5.59. The van der Waals surface area contributed by atoms with Crippen LogP contribution in [0.2, 0.25) is 0 Å². The van der Waals surface area contributed by atoms with Gasteiger partial charge in [-0.05, 0) is 37.4 Å². The monoisotopic (exact) mass is 321 g/mol. The lowest BCUT2D eigenvalue weighted by Crippen LogP contribution is -2.35. The average Bonchev–Trinajstić information content (AvgIpc) is 3.18. The minimum Gasteiger partial charge on any atom is -0.351 e. The standard InChI is InChI=1S/C16H23N3O2S/c1-18(2)16(21)8-7-15(20)17-12-13(14-6-5-11-22-14)19-9-3-4-10-19/h5-8,11,13H,3-4,9-10,12H2,1-2H3,(H,17,20). The maximum absolute atomic E-state index is 11.9. The number of thiophene rings is 1. The number of hydrogen-bond acceptors (Lipinski definition) is 4. The summed E-state index contributed by atoms with van der Waals surface area (Å²) in [6.45, 7) is 2.72. The molecular formula is C16H23N3O2S. The summed E-state index contributed by atoms with van der Waals surface area (Å²) in [7, 11) is 3.32. The van der Waals surface area contributed by atoms with E-state index in [0.29, 0.717) is 6.54 Å². The number of nitrogens with one attached hydrogen (secondary N) is 1. The minimum absolute atomic E-state index is 0.190. The van der Waals surface area contributed by atoms with Crippen molar-refractivity contribution in [2.24, 2.45) is 0 Å². The van der Waals surface area contributed by atoms with Crippen LogP contribution >= 0.6 is 11.3 Å². The van der Waals surface area contributed by atoms with Gasteiger partial charge in [0.25, 0.3) is 0 Å². The van der Waals surface area contributed by atoms with Crippen molar-refractivity contribution in [3.8, 4) is 0 Å². The van der Waals surface area contributed by atoms with Crippen LogP contribution < -0.4 is 5.32 Å². The SMILES string of the molecule is CN(C)C(=O)C=CC(=O)NCC(c1cccs1)N1CCCC1. The van der Waals surface area contributed by atoms with E-state index < -0.39 is 0 Å². The molecule has 0 aliphatic carbocycles. The third-order valence-electron chi connectivity index (χ3n) is 3.74. The number of hydrogen-bond donors (Lipinski definition) is 1. The second kappa shape index (κ2) is 8.10. The van der Waals surface area contributed by atoms with Crippen molar-refractivity contribution in [2.45, 2.75) is 18.9 Å². The molecule has 2 heterocycles. The molecule has 1 aliphatic rings.